The molecule has 1 fully saturated rings. The summed E-state index contributed by atoms with van der Waals surface area (Å²) in [4.78, 5) is 0. The highest BCUT2D eigenvalue weighted by Crippen LogP contribution is 2.45. The maximum Gasteiger partial charge on any atom is 0.198 e. The van der Waals surface area contributed by atoms with Gasteiger partial charge in [-0.1, -0.05) is 6.08 Å². The van der Waals surface area contributed by atoms with Crippen LogP contribution in [0.5, 0.6) is 0 Å². The molecule has 3 nitrogen and oxygen atoms in total. The highest BCUT2D eigenvalue weighted by atomic mass is 16.7. The molecule has 64 valence electrons. The van der Waals surface area contributed by atoms with Gasteiger partial charge in [-0.3, -0.25) is 0 Å². The summed E-state index contributed by atoms with van der Waals surface area (Å²) in [6, 6.07) is 0. The van der Waals surface area contributed by atoms with Crippen LogP contribution in [-0.2, 0) is 4.74 Å². The van der Waals surface area contributed by atoms with Crippen molar-refractivity contribution in [1.82, 2.24) is 0 Å². The van der Waals surface area contributed by atoms with Crippen molar-refractivity contribution in [3.05, 3.63) is 12.7 Å². The van der Waals surface area contributed by atoms with Gasteiger partial charge in [0.1, 0.15) is 5.60 Å². The summed E-state index contributed by atoms with van der Waals surface area (Å²) in [5, 5.41) is 18.9. The quantitative estimate of drug-likeness (QED) is 0.355. The Morgan fingerprint density at radius 2 is 2.18 bits per heavy atom. The van der Waals surface area contributed by atoms with Gasteiger partial charge in [-0.25, -0.2) is 0 Å². The van der Waals surface area contributed by atoms with Crippen molar-refractivity contribution in [2.75, 3.05) is 0 Å². The van der Waals surface area contributed by atoms with Crippen LogP contribution < -0.4 is 0 Å². The summed E-state index contributed by atoms with van der Waals surface area (Å²) in [7, 11) is 0. The smallest absolute Gasteiger partial charge is 0.198 e. The van der Waals surface area contributed by atoms with E-state index in [4.69, 9.17) is 4.74 Å². The lowest BCUT2D eigenvalue weighted by Crippen LogP contribution is -2.44. The van der Waals surface area contributed by atoms with E-state index in [0.29, 0.717) is 0 Å². The number of hydrogen-bond acceptors (Lipinski definition) is 3. The zero-order valence-electron chi connectivity index (χ0n) is 6.87. The molecular weight excluding hydrogens is 144 g/mol. The average Bonchev–Trinajstić information content (AvgIpc) is 2.42. The number of aliphatic hydroxyl groups is 2. The minimum Gasteiger partial charge on any atom is -0.363 e. The predicted octanol–water partition coefficient (Wildman–Crippen LogP) is 0.421. The van der Waals surface area contributed by atoms with Crippen LogP contribution in [0.15, 0.2) is 12.7 Å². The fourth-order valence-electron chi connectivity index (χ4n) is 1.16. The van der Waals surface area contributed by atoms with E-state index in [9.17, 15) is 10.2 Å². The predicted molar refractivity (Wildman–Crippen MR) is 40.9 cm³/mol. The molecule has 0 aromatic rings. The molecule has 1 heterocycles. The van der Waals surface area contributed by atoms with E-state index in [2.05, 4.69) is 6.58 Å². The van der Waals surface area contributed by atoms with E-state index in [1.54, 1.807) is 6.92 Å². The Balaban J connectivity index is 2.65. The molecule has 1 aliphatic heterocycles. The third kappa shape index (κ3) is 1.20. The van der Waals surface area contributed by atoms with Crippen LogP contribution in [0.1, 0.15) is 20.3 Å². The van der Waals surface area contributed by atoms with Crippen LogP contribution in [0.3, 0.4) is 0 Å². The van der Waals surface area contributed by atoms with Gasteiger partial charge >= 0.3 is 0 Å². The van der Waals surface area contributed by atoms with Gasteiger partial charge in [-0.05, 0) is 13.8 Å². The van der Waals surface area contributed by atoms with Gasteiger partial charge in [0.2, 0.25) is 0 Å². The SMILES string of the molecule is C=CCC(O)(O)C1(C)OC1C. The molecule has 0 aromatic heterocycles. The molecule has 0 saturated carbocycles. The van der Waals surface area contributed by atoms with Crippen molar-refractivity contribution in [3.8, 4) is 0 Å². The van der Waals surface area contributed by atoms with Crippen molar-refractivity contribution in [3.63, 3.8) is 0 Å². The Bertz CT molecular complexity index is 176. The Kier molecular flexibility index (Phi) is 1.82. The molecule has 11 heavy (non-hydrogen) atoms. The lowest BCUT2D eigenvalue weighted by Gasteiger charge is -2.24. The summed E-state index contributed by atoms with van der Waals surface area (Å²) >= 11 is 0. The molecule has 2 N–H and O–H groups in total. The number of hydrogen-bond donors (Lipinski definition) is 2. The molecule has 0 spiro atoms. The first-order valence-corrected chi connectivity index (χ1v) is 3.67. The fourth-order valence-corrected chi connectivity index (χ4v) is 1.16. The molecular formula is C8H14O3. The van der Waals surface area contributed by atoms with Gasteiger partial charge < -0.3 is 14.9 Å². The molecule has 0 aromatic carbocycles. The average molecular weight is 158 g/mol. The largest absolute Gasteiger partial charge is 0.363 e. The zero-order valence-corrected chi connectivity index (χ0v) is 6.87. The van der Waals surface area contributed by atoms with Gasteiger partial charge in [-0.15, -0.1) is 6.58 Å². The molecule has 1 saturated heterocycles. The fraction of sp³-hybridized carbons (Fsp3) is 0.750. The third-order valence-electron chi connectivity index (χ3n) is 2.36. The van der Waals surface area contributed by atoms with Gasteiger partial charge in [0.05, 0.1) is 6.10 Å². The van der Waals surface area contributed by atoms with E-state index in [-0.39, 0.29) is 12.5 Å². The zero-order chi connectivity index (χ0) is 8.70. The monoisotopic (exact) mass is 158 g/mol. The number of epoxide rings is 1. The summed E-state index contributed by atoms with van der Waals surface area (Å²) in [6.45, 7) is 6.93. The third-order valence-corrected chi connectivity index (χ3v) is 2.36. The van der Waals surface area contributed by atoms with Crippen LogP contribution in [0, 0.1) is 0 Å². The Hall–Kier alpha value is -0.380. The minimum atomic E-state index is -1.77. The molecule has 1 aliphatic rings. The lowest BCUT2D eigenvalue weighted by molar-refractivity contribution is -0.200. The molecule has 3 heteroatoms. The van der Waals surface area contributed by atoms with Crippen molar-refractivity contribution < 1.29 is 14.9 Å². The number of rotatable bonds is 3. The second-order valence-electron chi connectivity index (χ2n) is 3.18. The van der Waals surface area contributed by atoms with Gasteiger partial charge in [0.15, 0.2) is 5.79 Å². The van der Waals surface area contributed by atoms with Crippen molar-refractivity contribution in [1.29, 1.82) is 0 Å². The maximum atomic E-state index is 9.44. The minimum absolute atomic E-state index is 0.0857. The van der Waals surface area contributed by atoms with Crippen molar-refractivity contribution in [2.45, 2.75) is 37.8 Å². The standard InChI is InChI=1S/C8H14O3/c1-4-5-8(9,10)7(3)6(2)11-7/h4,6,9-10H,1,5H2,2-3H3. The Labute approximate surface area is 66.3 Å². The van der Waals surface area contributed by atoms with Gasteiger partial charge in [0.25, 0.3) is 0 Å². The Morgan fingerprint density at radius 3 is 2.45 bits per heavy atom. The molecule has 2 atom stereocenters. The molecule has 0 amide bonds. The summed E-state index contributed by atoms with van der Waals surface area (Å²) in [6.07, 6.45) is 1.52. The van der Waals surface area contributed by atoms with Crippen LogP contribution in [0.25, 0.3) is 0 Å². The summed E-state index contributed by atoms with van der Waals surface area (Å²) < 4.78 is 5.07. The topological polar surface area (TPSA) is 53.0 Å². The maximum absolute atomic E-state index is 9.44. The van der Waals surface area contributed by atoms with E-state index >= 15 is 0 Å². The molecule has 0 bridgehead atoms. The molecule has 0 aliphatic carbocycles. The number of ether oxygens (including phenoxy) is 1. The van der Waals surface area contributed by atoms with E-state index < -0.39 is 11.4 Å². The first-order chi connectivity index (χ1) is 4.94. The van der Waals surface area contributed by atoms with Crippen molar-refractivity contribution >= 4 is 0 Å². The summed E-state index contributed by atoms with van der Waals surface area (Å²) in [5.41, 5.74) is -0.804. The van der Waals surface area contributed by atoms with Crippen LogP contribution in [0.4, 0.5) is 0 Å². The van der Waals surface area contributed by atoms with Crippen LogP contribution in [0.2, 0.25) is 0 Å². The molecule has 1 rings (SSSR count). The van der Waals surface area contributed by atoms with E-state index in [1.165, 1.54) is 6.08 Å². The van der Waals surface area contributed by atoms with E-state index in [1.807, 2.05) is 6.92 Å². The first kappa shape index (κ1) is 8.71. The Morgan fingerprint density at radius 1 is 1.73 bits per heavy atom. The van der Waals surface area contributed by atoms with Gasteiger partial charge in [0, 0.05) is 6.42 Å². The van der Waals surface area contributed by atoms with Gasteiger partial charge in [-0.2, -0.15) is 0 Å². The first-order valence-electron chi connectivity index (χ1n) is 3.67. The highest BCUT2D eigenvalue weighted by Gasteiger charge is 2.62. The second kappa shape index (κ2) is 2.30. The second-order valence-corrected chi connectivity index (χ2v) is 3.18. The highest BCUT2D eigenvalue weighted by molar-refractivity contribution is 5.07. The van der Waals surface area contributed by atoms with Crippen molar-refractivity contribution in [2.24, 2.45) is 0 Å². The molecule has 2 unspecified atom stereocenters. The lowest BCUT2D eigenvalue weighted by atomic mass is 9.94. The van der Waals surface area contributed by atoms with Crippen LogP contribution in [-0.4, -0.2) is 27.7 Å². The normalized spacial score (nSPS) is 36.9. The van der Waals surface area contributed by atoms with Crippen LogP contribution >= 0.6 is 0 Å². The molecule has 0 radical (unpaired) electrons. The summed E-state index contributed by atoms with van der Waals surface area (Å²) in [5.74, 6) is -1.77. The van der Waals surface area contributed by atoms with E-state index in [0.717, 1.165) is 0 Å².